The van der Waals surface area contributed by atoms with Gasteiger partial charge >= 0.3 is 0 Å². The molecule has 1 amide bonds. The summed E-state index contributed by atoms with van der Waals surface area (Å²) < 4.78 is 0. The summed E-state index contributed by atoms with van der Waals surface area (Å²) in [6, 6.07) is 0. The molecule has 1 heterocycles. The molecule has 1 saturated carbocycles. The normalized spacial score (nSPS) is 24.7. The first-order valence-corrected chi connectivity index (χ1v) is 6.41. The number of halogens is 1. The van der Waals surface area contributed by atoms with Gasteiger partial charge in [-0.1, -0.05) is 6.92 Å². The van der Waals surface area contributed by atoms with Gasteiger partial charge in [0.25, 0.3) is 0 Å². The van der Waals surface area contributed by atoms with Crippen LogP contribution in [0.25, 0.3) is 0 Å². The molecule has 0 radical (unpaired) electrons. The monoisotopic (exact) mass is 244 g/mol. The molecule has 5 heteroatoms. The number of thiazole rings is 1. The van der Waals surface area contributed by atoms with E-state index >= 15 is 0 Å². The van der Waals surface area contributed by atoms with Crippen LogP contribution >= 0.6 is 22.9 Å². The fourth-order valence-electron chi connectivity index (χ4n) is 1.75. The van der Waals surface area contributed by atoms with E-state index in [1.54, 1.807) is 0 Å². The molecule has 1 aromatic heterocycles. The maximum atomic E-state index is 11.7. The number of rotatable bonds is 3. The van der Waals surface area contributed by atoms with E-state index in [1.165, 1.54) is 11.3 Å². The van der Waals surface area contributed by atoms with Crippen molar-refractivity contribution < 1.29 is 4.79 Å². The number of hydrogen-bond donors (Lipinski definition) is 1. The standard InChI is InChI=1S/C10H13ClN2OS/c1-6-2-7(3-6)9(14)13-10-12-8(4-11)5-15-10/h5-7H,2-4H2,1H3,(H,12,13,14). The first kappa shape index (κ1) is 10.9. The van der Waals surface area contributed by atoms with E-state index in [-0.39, 0.29) is 11.8 Å². The van der Waals surface area contributed by atoms with Gasteiger partial charge in [0, 0.05) is 11.3 Å². The predicted octanol–water partition coefficient (Wildman–Crippen LogP) is 2.87. The first-order chi connectivity index (χ1) is 7.19. The average molecular weight is 245 g/mol. The van der Waals surface area contributed by atoms with Crippen LogP contribution in [0.5, 0.6) is 0 Å². The van der Waals surface area contributed by atoms with Crippen molar-refractivity contribution in [3.05, 3.63) is 11.1 Å². The smallest absolute Gasteiger partial charge is 0.229 e. The number of carbonyl (C=O) groups excluding carboxylic acids is 1. The second kappa shape index (κ2) is 4.49. The van der Waals surface area contributed by atoms with Crippen molar-refractivity contribution >= 4 is 34.0 Å². The highest BCUT2D eigenvalue weighted by molar-refractivity contribution is 7.13. The Labute approximate surface area is 97.9 Å². The lowest BCUT2D eigenvalue weighted by Crippen LogP contribution is -2.33. The zero-order chi connectivity index (χ0) is 10.8. The number of nitrogens with one attached hydrogen (secondary N) is 1. The van der Waals surface area contributed by atoms with Gasteiger partial charge in [-0.25, -0.2) is 4.98 Å². The molecule has 0 spiro atoms. The van der Waals surface area contributed by atoms with Crippen LogP contribution in [0.2, 0.25) is 0 Å². The highest BCUT2D eigenvalue weighted by atomic mass is 35.5. The predicted molar refractivity (Wildman–Crippen MR) is 62.2 cm³/mol. The fraction of sp³-hybridized carbons (Fsp3) is 0.600. The highest BCUT2D eigenvalue weighted by Crippen LogP contribution is 2.34. The largest absolute Gasteiger partial charge is 0.302 e. The van der Waals surface area contributed by atoms with Crippen LogP contribution in [0.15, 0.2) is 5.38 Å². The third-order valence-corrected chi connectivity index (χ3v) is 3.74. The van der Waals surface area contributed by atoms with Gasteiger partial charge in [-0.3, -0.25) is 4.79 Å². The second-order valence-electron chi connectivity index (χ2n) is 4.04. The SMILES string of the molecule is CC1CC(C(=O)Nc2nc(CCl)cs2)C1. The molecule has 3 nitrogen and oxygen atoms in total. The molecule has 2 rings (SSSR count). The van der Waals surface area contributed by atoms with Crippen molar-refractivity contribution in [2.75, 3.05) is 5.32 Å². The lowest BCUT2D eigenvalue weighted by molar-refractivity contribution is -0.123. The molecule has 15 heavy (non-hydrogen) atoms. The van der Waals surface area contributed by atoms with E-state index in [2.05, 4.69) is 17.2 Å². The van der Waals surface area contributed by atoms with Gasteiger partial charge in [0.05, 0.1) is 11.6 Å². The van der Waals surface area contributed by atoms with E-state index < -0.39 is 0 Å². The molecule has 0 aliphatic heterocycles. The fourth-order valence-corrected chi connectivity index (χ4v) is 2.69. The number of aromatic nitrogens is 1. The number of nitrogens with zero attached hydrogens (tertiary/aromatic N) is 1. The van der Waals surface area contributed by atoms with Crippen LogP contribution in [0.4, 0.5) is 5.13 Å². The zero-order valence-corrected chi connectivity index (χ0v) is 10.1. The van der Waals surface area contributed by atoms with Crippen molar-refractivity contribution in [2.24, 2.45) is 11.8 Å². The molecule has 1 aliphatic carbocycles. The van der Waals surface area contributed by atoms with Gasteiger partial charge < -0.3 is 5.32 Å². The number of carbonyl (C=O) groups is 1. The van der Waals surface area contributed by atoms with Crippen LogP contribution < -0.4 is 5.32 Å². The van der Waals surface area contributed by atoms with Gasteiger partial charge in [0.15, 0.2) is 5.13 Å². The molecule has 82 valence electrons. The Morgan fingerprint density at radius 1 is 1.73 bits per heavy atom. The van der Waals surface area contributed by atoms with Gasteiger partial charge in [-0.05, 0) is 18.8 Å². The molecule has 1 N–H and O–H groups in total. The zero-order valence-electron chi connectivity index (χ0n) is 8.50. The number of alkyl halides is 1. The van der Waals surface area contributed by atoms with Gasteiger partial charge in [0.1, 0.15) is 0 Å². The summed E-state index contributed by atoms with van der Waals surface area (Å²) >= 11 is 7.06. The van der Waals surface area contributed by atoms with Crippen molar-refractivity contribution in [3.8, 4) is 0 Å². The molecule has 0 bridgehead atoms. The average Bonchev–Trinajstić information content (AvgIpc) is 2.60. The van der Waals surface area contributed by atoms with E-state index in [0.29, 0.717) is 16.9 Å². The first-order valence-electron chi connectivity index (χ1n) is 5.00. The summed E-state index contributed by atoms with van der Waals surface area (Å²) in [6.45, 7) is 2.17. The molecular formula is C10H13ClN2OS. The van der Waals surface area contributed by atoms with Gasteiger partial charge in [-0.15, -0.1) is 22.9 Å². The molecular weight excluding hydrogens is 232 g/mol. The highest BCUT2D eigenvalue weighted by Gasteiger charge is 2.31. The Hall–Kier alpha value is -0.610. The Balaban J connectivity index is 1.88. The summed E-state index contributed by atoms with van der Waals surface area (Å²) in [6.07, 6.45) is 2.00. The lowest BCUT2D eigenvalue weighted by atomic mass is 9.76. The van der Waals surface area contributed by atoms with Crippen molar-refractivity contribution in [1.82, 2.24) is 4.98 Å². The Bertz CT molecular complexity index is 360. The van der Waals surface area contributed by atoms with Crippen LogP contribution in [-0.4, -0.2) is 10.9 Å². The summed E-state index contributed by atoms with van der Waals surface area (Å²) in [5.74, 6) is 1.37. The molecule has 1 aliphatic rings. The van der Waals surface area contributed by atoms with Crippen molar-refractivity contribution in [3.63, 3.8) is 0 Å². The van der Waals surface area contributed by atoms with Crippen LogP contribution in [0, 0.1) is 11.8 Å². The Morgan fingerprint density at radius 3 is 3.00 bits per heavy atom. The van der Waals surface area contributed by atoms with Crippen LogP contribution in [0.3, 0.4) is 0 Å². The van der Waals surface area contributed by atoms with E-state index in [1.807, 2.05) is 5.38 Å². The summed E-state index contributed by atoms with van der Waals surface area (Å²) in [5.41, 5.74) is 0.818. The van der Waals surface area contributed by atoms with Gasteiger partial charge in [-0.2, -0.15) is 0 Å². The lowest BCUT2D eigenvalue weighted by Gasteiger charge is -2.30. The Kier molecular flexibility index (Phi) is 3.26. The third kappa shape index (κ3) is 2.49. The van der Waals surface area contributed by atoms with Crippen LogP contribution in [0.1, 0.15) is 25.5 Å². The minimum absolute atomic E-state index is 0.101. The molecule has 1 aromatic rings. The van der Waals surface area contributed by atoms with E-state index in [9.17, 15) is 4.79 Å². The van der Waals surface area contributed by atoms with Crippen molar-refractivity contribution in [1.29, 1.82) is 0 Å². The second-order valence-corrected chi connectivity index (χ2v) is 5.17. The molecule has 1 fully saturated rings. The minimum Gasteiger partial charge on any atom is -0.302 e. The quantitative estimate of drug-likeness (QED) is 0.831. The summed E-state index contributed by atoms with van der Waals surface area (Å²) in [4.78, 5) is 15.8. The summed E-state index contributed by atoms with van der Waals surface area (Å²) in [7, 11) is 0. The van der Waals surface area contributed by atoms with Crippen LogP contribution in [-0.2, 0) is 10.7 Å². The maximum Gasteiger partial charge on any atom is 0.229 e. The maximum absolute atomic E-state index is 11.7. The number of anilines is 1. The Morgan fingerprint density at radius 2 is 2.47 bits per heavy atom. The third-order valence-electron chi connectivity index (χ3n) is 2.66. The number of hydrogen-bond acceptors (Lipinski definition) is 3. The molecule has 0 saturated heterocycles. The summed E-state index contributed by atoms with van der Waals surface area (Å²) in [5, 5.41) is 5.36. The number of amides is 1. The molecule has 0 atom stereocenters. The molecule has 0 aromatic carbocycles. The van der Waals surface area contributed by atoms with E-state index in [4.69, 9.17) is 11.6 Å². The van der Waals surface area contributed by atoms with Crippen molar-refractivity contribution in [2.45, 2.75) is 25.6 Å². The van der Waals surface area contributed by atoms with Gasteiger partial charge in [0.2, 0.25) is 5.91 Å². The van der Waals surface area contributed by atoms with E-state index in [0.717, 1.165) is 18.5 Å². The topological polar surface area (TPSA) is 42.0 Å². The minimum atomic E-state index is 0.101. The molecule has 0 unspecified atom stereocenters.